The Balaban J connectivity index is 1.10. The lowest BCUT2D eigenvalue weighted by molar-refractivity contribution is 0.332. The van der Waals surface area contributed by atoms with Gasteiger partial charge in [0, 0.05) is 38.5 Å². The Morgan fingerprint density at radius 3 is 1.61 bits per heavy atom. The van der Waals surface area contributed by atoms with Crippen LogP contribution in [0.2, 0.25) is 0 Å². The number of nitrogens with zero attached hydrogens (tertiary/aromatic N) is 4. The maximum absolute atomic E-state index is 5.23. The lowest BCUT2D eigenvalue weighted by Crippen LogP contribution is -2.33. The van der Waals surface area contributed by atoms with E-state index in [9.17, 15) is 0 Å². The first-order valence-electron chi connectivity index (χ1n) is 20.7. The molecule has 2 aromatic heterocycles. The van der Waals surface area contributed by atoms with Gasteiger partial charge in [-0.05, 0) is 105 Å². The van der Waals surface area contributed by atoms with Gasteiger partial charge in [0.15, 0.2) is 17.5 Å². The zero-order valence-electron chi connectivity index (χ0n) is 33.9. The molecule has 59 heavy (non-hydrogen) atoms. The summed E-state index contributed by atoms with van der Waals surface area (Å²) in [4.78, 5) is 15.5. The van der Waals surface area contributed by atoms with Crippen molar-refractivity contribution in [2.75, 3.05) is 0 Å². The van der Waals surface area contributed by atoms with E-state index in [1.807, 2.05) is 18.2 Å². The average Bonchev–Trinajstić information content (AvgIpc) is 3.62. The van der Waals surface area contributed by atoms with Crippen molar-refractivity contribution < 1.29 is 0 Å². The fraction of sp³-hybridized carbons (Fsp3) is 0.145. The van der Waals surface area contributed by atoms with Crippen LogP contribution in [0.15, 0.2) is 170 Å². The van der Waals surface area contributed by atoms with Crippen LogP contribution >= 0.6 is 0 Å². The Hall–Kier alpha value is -6.91. The van der Waals surface area contributed by atoms with Crippen LogP contribution < -0.4 is 0 Å². The zero-order chi connectivity index (χ0) is 39.9. The molecule has 4 heteroatoms. The lowest BCUT2D eigenvalue weighted by Gasteiger charge is -2.42. The third-order valence-corrected chi connectivity index (χ3v) is 12.9. The molecule has 0 fully saturated rings. The molecule has 0 saturated heterocycles. The molecule has 4 nitrogen and oxygen atoms in total. The van der Waals surface area contributed by atoms with Crippen molar-refractivity contribution in [3.63, 3.8) is 0 Å². The second-order valence-electron chi connectivity index (χ2n) is 17.5. The number of hydrogen-bond donors (Lipinski definition) is 0. The number of benzene rings is 8. The second kappa shape index (κ2) is 13.3. The summed E-state index contributed by atoms with van der Waals surface area (Å²) in [7, 11) is 0. The monoisotopic (exact) mass is 760 g/mol. The van der Waals surface area contributed by atoms with E-state index in [2.05, 4.69) is 184 Å². The molecule has 2 heterocycles. The highest BCUT2D eigenvalue weighted by molar-refractivity contribution is 6.19. The average molecular weight is 761 g/mol. The van der Waals surface area contributed by atoms with Crippen molar-refractivity contribution in [1.29, 1.82) is 0 Å². The molecular formula is C55H44N4. The number of fused-ring (bicyclic) bond motifs is 7. The van der Waals surface area contributed by atoms with Crippen LogP contribution in [0.5, 0.6) is 0 Å². The number of aromatic nitrogens is 4. The largest absolute Gasteiger partial charge is 0.309 e. The molecule has 8 aromatic carbocycles. The normalized spacial score (nSPS) is 14.6. The third-order valence-electron chi connectivity index (χ3n) is 12.9. The van der Waals surface area contributed by atoms with Crippen LogP contribution in [0.1, 0.15) is 51.7 Å². The van der Waals surface area contributed by atoms with Gasteiger partial charge in [-0.3, -0.25) is 0 Å². The molecule has 1 aliphatic carbocycles. The maximum Gasteiger partial charge on any atom is 0.164 e. The highest BCUT2D eigenvalue weighted by Crippen LogP contribution is 2.49. The Kier molecular flexibility index (Phi) is 7.96. The van der Waals surface area contributed by atoms with Crippen molar-refractivity contribution in [3.8, 4) is 51.0 Å². The van der Waals surface area contributed by atoms with Gasteiger partial charge in [-0.25, -0.2) is 15.0 Å². The quantitative estimate of drug-likeness (QED) is 0.175. The Labute approximate surface area is 344 Å². The Morgan fingerprint density at radius 1 is 0.407 bits per heavy atom. The molecule has 0 saturated carbocycles. The summed E-state index contributed by atoms with van der Waals surface area (Å²) >= 11 is 0. The van der Waals surface area contributed by atoms with Gasteiger partial charge < -0.3 is 4.57 Å². The molecule has 0 amide bonds. The van der Waals surface area contributed by atoms with Crippen LogP contribution in [0.25, 0.3) is 94.3 Å². The first kappa shape index (κ1) is 35.3. The second-order valence-corrected chi connectivity index (χ2v) is 17.5. The van der Waals surface area contributed by atoms with Crippen molar-refractivity contribution >= 4 is 43.4 Å². The lowest BCUT2D eigenvalue weighted by atomic mass is 9.63. The minimum Gasteiger partial charge on any atom is -0.309 e. The zero-order valence-corrected chi connectivity index (χ0v) is 33.9. The van der Waals surface area contributed by atoms with Gasteiger partial charge in [-0.1, -0.05) is 155 Å². The standard InChI is InChI=1S/C55H44N4/c1-54(2)31-32-55(3,4)48-34-49-46(33-47(48)54)44-28-25-36-17-11-12-20-41(36)50(44)59(49)39-26-23-38(24-27-39)52-56-51(37-18-9-6-10-19-37)57-53(58-52)45-30-29-40(35-15-7-5-8-16-35)42-21-13-14-22-43(42)45/h5-30,33-34H,31-32H2,1-4H3. The Morgan fingerprint density at radius 2 is 0.932 bits per heavy atom. The van der Waals surface area contributed by atoms with Crippen molar-refractivity contribution in [3.05, 3.63) is 181 Å². The van der Waals surface area contributed by atoms with Gasteiger partial charge in [-0.15, -0.1) is 0 Å². The number of hydrogen-bond acceptors (Lipinski definition) is 3. The molecule has 0 N–H and O–H groups in total. The molecule has 0 aliphatic heterocycles. The van der Waals surface area contributed by atoms with E-state index < -0.39 is 0 Å². The molecule has 284 valence electrons. The van der Waals surface area contributed by atoms with Crippen LogP contribution in [0, 0.1) is 0 Å². The molecule has 0 atom stereocenters. The summed E-state index contributed by atoms with van der Waals surface area (Å²) in [6.07, 6.45) is 2.35. The van der Waals surface area contributed by atoms with E-state index in [1.165, 1.54) is 67.7 Å². The molecule has 0 spiro atoms. The van der Waals surface area contributed by atoms with Crippen LogP contribution in [-0.4, -0.2) is 19.5 Å². The van der Waals surface area contributed by atoms with Crippen molar-refractivity contribution in [1.82, 2.24) is 19.5 Å². The fourth-order valence-corrected chi connectivity index (χ4v) is 9.57. The first-order valence-corrected chi connectivity index (χ1v) is 20.7. The Bertz CT molecular complexity index is 3250. The molecular weight excluding hydrogens is 717 g/mol. The summed E-state index contributed by atoms with van der Waals surface area (Å²) in [5, 5.41) is 7.34. The molecule has 0 unspecified atom stereocenters. The minimum absolute atomic E-state index is 0.0896. The topological polar surface area (TPSA) is 43.6 Å². The van der Waals surface area contributed by atoms with Gasteiger partial charge in [0.1, 0.15) is 0 Å². The predicted octanol–water partition coefficient (Wildman–Crippen LogP) is 14.3. The number of rotatable bonds is 5. The van der Waals surface area contributed by atoms with Gasteiger partial charge in [0.25, 0.3) is 0 Å². The molecule has 1 aliphatic rings. The SMILES string of the molecule is CC1(C)CCC(C)(C)c2cc3c(cc21)c1ccc2ccccc2c1n3-c1ccc(-c2nc(-c3ccccc3)nc(-c3ccc(-c4ccccc4)c4ccccc34)n2)cc1. The minimum atomic E-state index is 0.0896. The van der Waals surface area contributed by atoms with Crippen molar-refractivity contribution in [2.45, 2.75) is 51.4 Å². The summed E-state index contributed by atoms with van der Waals surface area (Å²) in [6, 6.07) is 60.9. The highest BCUT2D eigenvalue weighted by atomic mass is 15.0. The van der Waals surface area contributed by atoms with Crippen LogP contribution in [0.4, 0.5) is 0 Å². The predicted molar refractivity (Wildman–Crippen MR) is 246 cm³/mol. The smallest absolute Gasteiger partial charge is 0.164 e. The molecule has 11 rings (SSSR count). The van der Waals surface area contributed by atoms with Crippen LogP contribution in [0.3, 0.4) is 0 Å². The fourth-order valence-electron chi connectivity index (χ4n) is 9.57. The van der Waals surface area contributed by atoms with Gasteiger partial charge in [0.05, 0.1) is 11.0 Å². The van der Waals surface area contributed by atoms with Gasteiger partial charge >= 0.3 is 0 Å². The van der Waals surface area contributed by atoms with Gasteiger partial charge in [-0.2, -0.15) is 0 Å². The summed E-state index contributed by atoms with van der Waals surface area (Å²) < 4.78 is 2.49. The van der Waals surface area contributed by atoms with E-state index in [0.717, 1.165) is 33.2 Å². The third kappa shape index (κ3) is 5.77. The summed E-state index contributed by atoms with van der Waals surface area (Å²) in [6.45, 7) is 9.66. The molecule has 0 radical (unpaired) electrons. The van der Waals surface area contributed by atoms with E-state index in [4.69, 9.17) is 15.0 Å². The summed E-state index contributed by atoms with van der Waals surface area (Å²) in [5.41, 5.74) is 12.0. The highest BCUT2D eigenvalue weighted by Gasteiger charge is 2.38. The summed E-state index contributed by atoms with van der Waals surface area (Å²) in [5.74, 6) is 1.94. The van der Waals surface area contributed by atoms with E-state index in [-0.39, 0.29) is 10.8 Å². The van der Waals surface area contributed by atoms with Crippen molar-refractivity contribution in [2.24, 2.45) is 0 Å². The van der Waals surface area contributed by atoms with Gasteiger partial charge in [0.2, 0.25) is 0 Å². The molecule has 0 bridgehead atoms. The van der Waals surface area contributed by atoms with Crippen LogP contribution in [-0.2, 0) is 10.8 Å². The van der Waals surface area contributed by atoms with E-state index >= 15 is 0 Å². The van der Waals surface area contributed by atoms with E-state index in [0.29, 0.717) is 17.5 Å². The molecule has 10 aromatic rings. The maximum atomic E-state index is 5.23. The van der Waals surface area contributed by atoms with E-state index in [1.54, 1.807) is 0 Å². The first-order chi connectivity index (χ1) is 28.7.